The summed E-state index contributed by atoms with van der Waals surface area (Å²) in [4.78, 5) is 20.0. The molecule has 0 aliphatic carbocycles. The fourth-order valence-electron chi connectivity index (χ4n) is 2.01. The van der Waals surface area contributed by atoms with Crippen LogP contribution in [0.15, 0.2) is 53.3 Å². The Hall–Kier alpha value is -2.47. The van der Waals surface area contributed by atoms with Gasteiger partial charge in [-0.25, -0.2) is 9.97 Å². The molecule has 1 heterocycles. The maximum atomic E-state index is 12.2. The molecule has 0 fully saturated rings. The number of nitrogens with two attached hydrogens (primary N) is 1. The number of aromatic nitrogens is 2. The van der Waals surface area contributed by atoms with Crippen LogP contribution in [0.3, 0.4) is 0 Å². The molecule has 2 aromatic carbocycles. The van der Waals surface area contributed by atoms with Crippen LogP contribution in [0.1, 0.15) is 10.5 Å². The van der Waals surface area contributed by atoms with Crippen molar-refractivity contribution in [2.45, 2.75) is 0 Å². The van der Waals surface area contributed by atoms with Crippen molar-refractivity contribution in [2.75, 3.05) is 11.1 Å². The number of nitrogens with one attached hydrogen (secondary N) is 1. The van der Waals surface area contributed by atoms with Crippen LogP contribution in [-0.4, -0.2) is 15.9 Å². The molecule has 5 nitrogen and oxygen atoms in total. The van der Waals surface area contributed by atoms with E-state index in [0.717, 1.165) is 20.9 Å². The molecular weight excluding hydrogens is 332 g/mol. The largest absolute Gasteiger partial charge is 0.382 e. The van der Waals surface area contributed by atoms with Crippen LogP contribution in [0, 0.1) is 0 Å². The molecule has 0 aliphatic heterocycles. The first-order chi connectivity index (χ1) is 10.1. The maximum absolute atomic E-state index is 12.2. The van der Waals surface area contributed by atoms with Gasteiger partial charge in [-0.05, 0) is 17.5 Å². The van der Waals surface area contributed by atoms with E-state index < -0.39 is 0 Å². The number of anilines is 2. The maximum Gasteiger partial charge on any atom is 0.275 e. The van der Waals surface area contributed by atoms with Gasteiger partial charge in [0.05, 0.1) is 12.4 Å². The molecule has 3 N–H and O–H groups in total. The summed E-state index contributed by atoms with van der Waals surface area (Å²) in [5.74, 6) is -0.0457. The van der Waals surface area contributed by atoms with Gasteiger partial charge in [-0.15, -0.1) is 0 Å². The fourth-order valence-corrected chi connectivity index (χ4v) is 2.49. The molecule has 0 atom stereocenters. The number of benzene rings is 2. The molecule has 3 aromatic rings. The molecule has 6 heteroatoms. The third kappa shape index (κ3) is 2.71. The van der Waals surface area contributed by atoms with Crippen LogP contribution in [0.4, 0.5) is 11.5 Å². The van der Waals surface area contributed by atoms with E-state index in [2.05, 4.69) is 31.2 Å². The van der Waals surface area contributed by atoms with Crippen LogP contribution < -0.4 is 11.1 Å². The highest BCUT2D eigenvalue weighted by atomic mass is 79.9. The topological polar surface area (TPSA) is 80.9 Å². The van der Waals surface area contributed by atoms with Gasteiger partial charge in [-0.3, -0.25) is 4.79 Å². The average molecular weight is 343 g/mol. The molecular formula is C15H11BrN4O. The van der Waals surface area contributed by atoms with Gasteiger partial charge < -0.3 is 11.1 Å². The van der Waals surface area contributed by atoms with Crippen molar-refractivity contribution in [1.82, 2.24) is 9.97 Å². The Labute approximate surface area is 129 Å². The SMILES string of the molecule is Nc1cnc(C(=O)Nc2ccc(Br)c3ccccc23)cn1. The molecule has 0 radical (unpaired) electrons. The Balaban J connectivity index is 1.97. The molecule has 1 aromatic heterocycles. The monoisotopic (exact) mass is 342 g/mol. The zero-order valence-electron chi connectivity index (χ0n) is 10.9. The summed E-state index contributed by atoms with van der Waals surface area (Å²) in [6.45, 7) is 0. The van der Waals surface area contributed by atoms with E-state index in [4.69, 9.17) is 5.73 Å². The predicted octanol–water partition coefficient (Wildman–Crippen LogP) is 3.23. The van der Waals surface area contributed by atoms with Gasteiger partial charge in [-0.2, -0.15) is 0 Å². The van der Waals surface area contributed by atoms with Crippen LogP contribution >= 0.6 is 15.9 Å². The summed E-state index contributed by atoms with van der Waals surface area (Å²) >= 11 is 3.50. The van der Waals surface area contributed by atoms with Crippen molar-refractivity contribution in [3.63, 3.8) is 0 Å². The smallest absolute Gasteiger partial charge is 0.275 e. The van der Waals surface area contributed by atoms with E-state index in [1.165, 1.54) is 12.4 Å². The molecule has 0 spiro atoms. The van der Waals surface area contributed by atoms with E-state index >= 15 is 0 Å². The number of fused-ring (bicyclic) bond motifs is 1. The number of nitrogens with zero attached hydrogens (tertiary/aromatic N) is 2. The highest BCUT2D eigenvalue weighted by molar-refractivity contribution is 9.10. The third-order valence-corrected chi connectivity index (χ3v) is 3.72. The first-order valence-electron chi connectivity index (χ1n) is 6.21. The molecule has 21 heavy (non-hydrogen) atoms. The Morgan fingerprint density at radius 1 is 1.05 bits per heavy atom. The van der Waals surface area contributed by atoms with Crippen molar-refractivity contribution in [3.8, 4) is 0 Å². The first kappa shape index (κ1) is 13.5. The summed E-state index contributed by atoms with van der Waals surface area (Å²) in [6.07, 6.45) is 2.71. The number of rotatable bonds is 2. The number of amides is 1. The second-order valence-corrected chi connectivity index (χ2v) is 5.28. The van der Waals surface area contributed by atoms with Gasteiger partial charge >= 0.3 is 0 Å². The van der Waals surface area contributed by atoms with Crippen molar-refractivity contribution >= 4 is 44.1 Å². The number of hydrogen-bond acceptors (Lipinski definition) is 4. The summed E-state index contributed by atoms with van der Waals surface area (Å²) in [5.41, 5.74) is 6.40. The second-order valence-electron chi connectivity index (χ2n) is 4.42. The van der Waals surface area contributed by atoms with E-state index in [1.807, 2.05) is 36.4 Å². The van der Waals surface area contributed by atoms with E-state index in [0.29, 0.717) is 0 Å². The van der Waals surface area contributed by atoms with Gasteiger partial charge in [0.15, 0.2) is 0 Å². The lowest BCUT2D eigenvalue weighted by Crippen LogP contribution is -2.14. The molecule has 0 saturated carbocycles. The van der Waals surface area contributed by atoms with Crippen LogP contribution in [0.25, 0.3) is 10.8 Å². The molecule has 3 rings (SSSR count). The number of carbonyl (C=O) groups excluding carboxylic acids is 1. The molecule has 0 aliphatic rings. The van der Waals surface area contributed by atoms with Crippen molar-refractivity contribution in [3.05, 3.63) is 59.0 Å². The highest BCUT2D eigenvalue weighted by Crippen LogP contribution is 2.30. The van der Waals surface area contributed by atoms with Crippen molar-refractivity contribution in [2.24, 2.45) is 0 Å². The number of nitrogen functional groups attached to an aromatic ring is 1. The third-order valence-electron chi connectivity index (χ3n) is 3.02. The zero-order valence-corrected chi connectivity index (χ0v) is 12.5. The lowest BCUT2D eigenvalue weighted by molar-refractivity contribution is 0.102. The quantitative estimate of drug-likeness (QED) is 0.749. The van der Waals surface area contributed by atoms with E-state index in [-0.39, 0.29) is 17.4 Å². The predicted molar refractivity (Wildman–Crippen MR) is 86.0 cm³/mol. The van der Waals surface area contributed by atoms with Gasteiger partial charge in [0.2, 0.25) is 0 Å². The summed E-state index contributed by atoms with van der Waals surface area (Å²) < 4.78 is 0.975. The number of carbonyl (C=O) groups is 1. The molecule has 1 amide bonds. The normalized spacial score (nSPS) is 10.5. The van der Waals surface area contributed by atoms with Gasteiger partial charge in [0, 0.05) is 15.5 Å². The number of halogens is 1. The molecule has 0 unspecified atom stereocenters. The minimum atomic E-state index is -0.324. The van der Waals surface area contributed by atoms with Crippen molar-refractivity contribution in [1.29, 1.82) is 0 Å². The fraction of sp³-hybridized carbons (Fsp3) is 0. The van der Waals surface area contributed by atoms with Gasteiger partial charge in [0.25, 0.3) is 5.91 Å². The zero-order chi connectivity index (χ0) is 14.8. The molecule has 104 valence electrons. The summed E-state index contributed by atoms with van der Waals surface area (Å²) in [7, 11) is 0. The Kier molecular flexibility index (Phi) is 3.53. The molecule has 0 saturated heterocycles. The highest BCUT2D eigenvalue weighted by Gasteiger charge is 2.11. The number of hydrogen-bond donors (Lipinski definition) is 2. The first-order valence-corrected chi connectivity index (χ1v) is 7.00. The van der Waals surface area contributed by atoms with Crippen LogP contribution in [-0.2, 0) is 0 Å². The van der Waals surface area contributed by atoms with Crippen LogP contribution in [0.2, 0.25) is 0 Å². The van der Waals surface area contributed by atoms with Crippen LogP contribution in [0.5, 0.6) is 0 Å². The lowest BCUT2D eigenvalue weighted by Gasteiger charge is -2.09. The van der Waals surface area contributed by atoms with E-state index in [9.17, 15) is 4.79 Å². The Morgan fingerprint density at radius 2 is 1.81 bits per heavy atom. The average Bonchev–Trinajstić information content (AvgIpc) is 2.51. The minimum absolute atomic E-state index is 0.219. The second kappa shape index (κ2) is 5.49. The lowest BCUT2D eigenvalue weighted by atomic mass is 10.1. The summed E-state index contributed by atoms with van der Waals surface area (Å²) in [5, 5.41) is 4.82. The van der Waals surface area contributed by atoms with Gasteiger partial charge in [0.1, 0.15) is 11.5 Å². The van der Waals surface area contributed by atoms with E-state index in [1.54, 1.807) is 0 Å². The van der Waals surface area contributed by atoms with Gasteiger partial charge in [-0.1, -0.05) is 40.2 Å². The Morgan fingerprint density at radius 3 is 2.52 bits per heavy atom. The minimum Gasteiger partial charge on any atom is -0.382 e. The molecule has 0 bridgehead atoms. The standard InChI is InChI=1S/C15H11BrN4O/c16-11-5-6-12(10-4-2-1-3-9(10)11)20-15(21)13-7-19-14(17)8-18-13/h1-8H,(H2,17,19)(H,20,21). The van der Waals surface area contributed by atoms with Crippen molar-refractivity contribution < 1.29 is 4.79 Å². The Bertz CT molecular complexity index is 818. The summed E-state index contributed by atoms with van der Waals surface area (Å²) in [6, 6.07) is 11.5.